The third-order valence-corrected chi connectivity index (χ3v) is 2.44. The number of rotatable bonds is 3. The first-order valence-corrected chi connectivity index (χ1v) is 5.45. The zero-order chi connectivity index (χ0) is 13.0. The van der Waals surface area contributed by atoms with Crippen molar-refractivity contribution in [3.05, 3.63) is 48.2 Å². The van der Waals surface area contributed by atoms with Crippen molar-refractivity contribution in [2.24, 2.45) is 0 Å². The number of nitrogen functional groups attached to an aromatic ring is 1. The van der Waals surface area contributed by atoms with E-state index in [9.17, 15) is 4.79 Å². The predicted octanol–water partition coefficient (Wildman–Crippen LogP) is 0.945. The molecule has 3 N–H and O–H groups in total. The number of pyridine rings is 1. The van der Waals surface area contributed by atoms with Crippen molar-refractivity contribution in [2.75, 3.05) is 5.73 Å². The first-order valence-electron chi connectivity index (χ1n) is 5.45. The van der Waals surface area contributed by atoms with E-state index in [0.29, 0.717) is 0 Å². The van der Waals surface area contributed by atoms with E-state index in [4.69, 9.17) is 5.73 Å². The third-order valence-electron chi connectivity index (χ3n) is 2.44. The van der Waals surface area contributed by atoms with Crippen molar-refractivity contribution in [1.82, 2.24) is 20.3 Å². The van der Waals surface area contributed by atoms with Gasteiger partial charge in [-0.05, 0) is 24.6 Å². The van der Waals surface area contributed by atoms with Crippen LogP contribution in [0.25, 0.3) is 0 Å². The molecular weight excluding hydrogens is 230 g/mol. The highest BCUT2D eigenvalue weighted by Gasteiger charge is 2.12. The summed E-state index contributed by atoms with van der Waals surface area (Å²) in [5.41, 5.74) is 6.65. The molecule has 0 bridgehead atoms. The van der Waals surface area contributed by atoms with Crippen LogP contribution in [0.3, 0.4) is 0 Å². The van der Waals surface area contributed by atoms with Crippen LogP contribution in [0.4, 0.5) is 5.82 Å². The largest absolute Gasteiger partial charge is 0.382 e. The van der Waals surface area contributed by atoms with Crippen LogP contribution in [0.15, 0.2) is 36.9 Å². The number of carbonyl (C=O) groups excluding carboxylic acids is 1. The SMILES string of the molecule is CC(NC(=O)c1cncc(N)n1)c1ccncc1. The van der Waals surface area contributed by atoms with Crippen molar-refractivity contribution in [2.45, 2.75) is 13.0 Å². The fourth-order valence-corrected chi connectivity index (χ4v) is 1.50. The molecule has 0 saturated carbocycles. The summed E-state index contributed by atoms with van der Waals surface area (Å²) in [6, 6.07) is 3.55. The van der Waals surface area contributed by atoms with Gasteiger partial charge in [-0.2, -0.15) is 0 Å². The average Bonchev–Trinajstić information content (AvgIpc) is 2.39. The molecule has 2 rings (SSSR count). The Balaban J connectivity index is 2.08. The molecule has 18 heavy (non-hydrogen) atoms. The van der Waals surface area contributed by atoms with E-state index in [0.717, 1.165) is 5.56 Å². The van der Waals surface area contributed by atoms with Gasteiger partial charge in [0.1, 0.15) is 11.5 Å². The van der Waals surface area contributed by atoms with E-state index < -0.39 is 0 Å². The molecule has 1 atom stereocenters. The number of nitrogens with zero attached hydrogens (tertiary/aromatic N) is 3. The molecule has 0 saturated heterocycles. The smallest absolute Gasteiger partial charge is 0.272 e. The van der Waals surface area contributed by atoms with Crippen LogP contribution < -0.4 is 11.1 Å². The summed E-state index contributed by atoms with van der Waals surface area (Å²) in [7, 11) is 0. The quantitative estimate of drug-likeness (QED) is 0.836. The van der Waals surface area contributed by atoms with Crippen LogP contribution in [0.5, 0.6) is 0 Å². The third kappa shape index (κ3) is 2.79. The Labute approximate surface area is 104 Å². The van der Waals surface area contributed by atoms with Crippen molar-refractivity contribution < 1.29 is 4.79 Å². The number of aromatic nitrogens is 3. The van der Waals surface area contributed by atoms with Crippen molar-refractivity contribution in [3.63, 3.8) is 0 Å². The molecule has 6 heteroatoms. The zero-order valence-corrected chi connectivity index (χ0v) is 9.87. The molecule has 2 heterocycles. The van der Waals surface area contributed by atoms with Crippen LogP contribution in [0.2, 0.25) is 0 Å². The molecule has 1 amide bonds. The number of carbonyl (C=O) groups is 1. The van der Waals surface area contributed by atoms with E-state index in [1.165, 1.54) is 12.4 Å². The van der Waals surface area contributed by atoms with E-state index in [1.807, 2.05) is 19.1 Å². The van der Waals surface area contributed by atoms with Gasteiger partial charge in [0, 0.05) is 12.4 Å². The zero-order valence-electron chi connectivity index (χ0n) is 9.87. The lowest BCUT2D eigenvalue weighted by atomic mass is 10.1. The maximum atomic E-state index is 11.9. The van der Waals surface area contributed by atoms with Crippen LogP contribution in [0.1, 0.15) is 29.0 Å². The number of nitrogens with one attached hydrogen (secondary N) is 1. The highest BCUT2D eigenvalue weighted by atomic mass is 16.1. The molecule has 0 aliphatic rings. The second-order valence-electron chi connectivity index (χ2n) is 3.80. The summed E-state index contributed by atoms with van der Waals surface area (Å²) in [6.07, 6.45) is 6.13. The van der Waals surface area contributed by atoms with Gasteiger partial charge in [0.2, 0.25) is 0 Å². The molecule has 0 spiro atoms. The minimum absolute atomic E-state index is 0.135. The molecule has 0 radical (unpaired) electrons. The summed E-state index contributed by atoms with van der Waals surface area (Å²) in [6.45, 7) is 1.88. The van der Waals surface area contributed by atoms with Crippen LogP contribution in [0, 0.1) is 0 Å². The summed E-state index contributed by atoms with van der Waals surface area (Å²) in [4.78, 5) is 23.6. The van der Waals surface area contributed by atoms with Gasteiger partial charge >= 0.3 is 0 Å². The number of nitrogens with two attached hydrogens (primary N) is 1. The lowest BCUT2D eigenvalue weighted by Crippen LogP contribution is -2.27. The number of anilines is 1. The monoisotopic (exact) mass is 243 g/mol. The van der Waals surface area contributed by atoms with Gasteiger partial charge in [-0.3, -0.25) is 14.8 Å². The van der Waals surface area contributed by atoms with Crippen molar-refractivity contribution in [1.29, 1.82) is 0 Å². The summed E-state index contributed by atoms with van der Waals surface area (Å²) < 4.78 is 0. The number of hydrogen-bond donors (Lipinski definition) is 2. The summed E-state index contributed by atoms with van der Waals surface area (Å²) in [5, 5.41) is 2.81. The average molecular weight is 243 g/mol. The fraction of sp³-hybridized carbons (Fsp3) is 0.167. The maximum Gasteiger partial charge on any atom is 0.272 e. The Bertz CT molecular complexity index is 543. The highest BCUT2D eigenvalue weighted by molar-refractivity contribution is 5.92. The van der Waals surface area contributed by atoms with Crippen molar-refractivity contribution >= 4 is 11.7 Å². The van der Waals surface area contributed by atoms with Crippen LogP contribution in [-0.2, 0) is 0 Å². The summed E-state index contributed by atoms with van der Waals surface area (Å²) in [5.74, 6) is -0.0849. The van der Waals surface area contributed by atoms with E-state index in [2.05, 4.69) is 20.3 Å². The van der Waals surface area contributed by atoms with Gasteiger partial charge < -0.3 is 11.1 Å². The minimum Gasteiger partial charge on any atom is -0.382 e. The Morgan fingerprint density at radius 2 is 2.00 bits per heavy atom. The molecule has 1 unspecified atom stereocenters. The van der Waals surface area contributed by atoms with Gasteiger partial charge in [-0.1, -0.05) is 0 Å². The molecular formula is C12H13N5O. The highest BCUT2D eigenvalue weighted by Crippen LogP contribution is 2.11. The Kier molecular flexibility index (Phi) is 3.47. The fourth-order valence-electron chi connectivity index (χ4n) is 1.50. The topological polar surface area (TPSA) is 93.8 Å². The Hall–Kier alpha value is -2.50. The predicted molar refractivity (Wildman–Crippen MR) is 66.6 cm³/mol. The summed E-state index contributed by atoms with van der Waals surface area (Å²) >= 11 is 0. The van der Waals surface area contributed by atoms with Gasteiger partial charge in [0.15, 0.2) is 0 Å². The van der Waals surface area contributed by atoms with Gasteiger partial charge in [-0.15, -0.1) is 0 Å². The van der Waals surface area contributed by atoms with Crippen LogP contribution >= 0.6 is 0 Å². The lowest BCUT2D eigenvalue weighted by Gasteiger charge is -2.13. The number of hydrogen-bond acceptors (Lipinski definition) is 5. The molecule has 6 nitrogen and oxygen atoms in total. The molecule has 2 aromatic rings. The van der Waals surface area contributed by atoms with Gasteiger partial charge in [0.25, 0.3) is 5.91 Å². The lowest BCUT2D eigenvalue weighted by molar-refractivity contribution is 0.0934. The second-order valence-corrected chi connectivity index (χ2v) is 3.80. The minimum atomic E-state index is -0.306. The van der Waals surface area contributed by atoms with E-state index >= 15 is 0 Å². The van der Waals surface area contributed by atoms with Gasteiger partial charge in [-0.25, -0.2) is 4.98 Å². The second kappa shape index (κ2) is 5.22. The molecule has 0 aromatic carbocycles. The first kappa shape index (κ1) is 12.0. The molecule has 0 aliphatic carbocycles. The van der Waals surface area contributed by atoms with E-state index in [1.54, 1.807) is 12.4 Å². The Morgan fingerprint density at radius 1 is 1.28 bits per heavy atom. The standard InChI is InChI=1S/C12H13N5O/c1-8(9-2-4-14-5-3-9)16-12(18)10-6-15-7-11(13)17-10/h2-8H,1H3,(H2,13,17)(H,16,18). The van der Waals surface area contributed by atoms with Crippen molar-refractivity contribution in [3.8, 4) is 0 Å². The number of amides is 1. The molecule has 0 fully saturated rings. The Morgan fingerprint density at radius 3 is 2.67 bits per heavy atom. The van der Waals surface area contributed by atoms with E-state index in [-0.39, 0.29) is 23.5 Å². The molecule has 0 aliphatic heterocycles. The molecule has 92 valence electrons. The maximum absolute atomic E-state index is 11.9. The normalized spacial score (nSPS) is 11.8. The van der Waals surface area contributed by atoms with Crippen LogP contribution in [-0.4, -0.2) is 20.9 Å². The first-order chi connectivity index (χ1) is 8.66. The molecule has 2 aromatic heterocycles. The van der Waals surface area contributed by atoms with Gasteiger partial charge in [0.05, 0.1) is 18.4 Å².